The lowest BCUT2D eigenvalue weighted by Gasteiger charge is -2.41. The molecule has 0 amide bonds. The van der Waals surface area contributed by atoms with E-state index in [1.165, 1.54) is 10.9 Å². The van der Waals surface area contributed by atoms with E-state index in [1.807, 2.05) is 25.1 Å². The highest BCUT2D eigenvalue weighted by Gasteiger charge is 2.34. The van der Waals surface area contributed by atoms with Crippen molar-refractivity contribution in [2.75, 3.05) is 13.1 Å². The predicted molar refractivity (Wildman–Crippen MR) is 82.0 cm³/mol. The third kappa shape index (κ3) is 2.76. The van der Waals surface area contributed by atoms with Crippen molar-refractivity contribution < 1.29 is 9.90 Å². The standard InChI is InChI=1S/C17H20N2O2/c1-11-7-13(15-5-3-4-6-16(15)18-11)8-19-9-14(10-19)12(2)17(20)21/h3-7,12,14H,8-10H2,1-2H3,(H,20,21). The molecule has 21 heavy (non-hydrogen) atoms. The van der Waals surface area contributed by atoms with E-state index in [4.69, 9.17) is 5.11 Å². The zero-order chi connectivity index (χ0) is 15.0. The number of aryl methyl sites for hydroxylation is 1. The number of benzene rings is 1. The van der Waals surface area contributed by atoms with Crippen LogP contribution in [0.25, 0.3) is 10.9 Å². The van der Waals surface area contributed by atoms with Crippen molar-refractivity contribution in [3.05, 3.63) is 41.6 Å². The van der Waals surface area contributed by atoms with Crippen LogP contribution in [0.3, 0.4) is 0 Å². The second-order valence-electron chi connectivity index (χ2n) is 6.02. The van der Waals surface area contributed by atoms with Gasteiger partial charge in [-0.1, -0.05) is 25.1 Å². The maximum atomic E-state index is 11.0. The Hall–Kier alpha value is -1.94. The molecular weight excluding hydrogens is 264 g/mol. The first-order valence-electron chi connectivity index (χ1n) is 7.35. The third-order valence-corrected chi connectivity index (χ3v) is 4.41. The molecule has 1 aromatic carbocycles. The van der Waals surface area contributed by atoms with Gasteiger partial charge >= 0.3 is 5.97 Å². The van der Waals surface area contributed by atoms with Crippen LogP contribution in [0.4, 0.5) is 0 Å². The van der Waals surface area contributed by atoms with Crippen LogP contribution in [0.2, 0.25) is 0 Å². The zero-order valence-electron chi connectivity index (χ0n) is 12.4. The van der Waals surface area contributed by atoms with Crippen molar-refractivity contribution in [2.45, 2.75) is 20.4 Å². The summed E-state index contributed by atoms with van der Waals surface area (Å²) in [5.74, 6) is -0.668. The first-order valence-corrected chi connectivity index (χ1v) is 7.35. The predicted octanol–water partition coefficient (Wildman–Crippen LogP) is 2.70. The van der Waals surface area contributed by atoms with E-state index in [-0.39, 0.29) is 11.8 Å². The van der Waals surface area contributed by atoms with Gasteiger partial charge in [0, 0.05) is 30.7 Å². The molecule has 0 spiro atoms. The fraction of sp³-hybridized carbons (Fsp3) is 0.412. The molecule has 1 fully saturated rings. The van der Waals surface area contributed by atoms with Gasteiger partial charge in [-0.2, -0.15) is 0 Å². The first kappa shape index (κ1) is 14.0. The van der Waals surface area contributed by atoms with Crippen LogP contribution in [0.15, 0.2) is 30.3 Å². The lowest BCUT2D eigenvalue weighted by atomic mass is 9.86. The van der Waals surface area contributed by atoms with E-state index in [2.05, 4.69) is 22.0 Å². The van der Waals surface area contributed by atoms with E-state index < -0.39 is 5.97 Å². The Morgan fingerprint density at radius 3 is 2.86 bits per heavy atom. The summed E-state index contributed by atoms with van der Waals surface area (Å²) in [6.45, 7) is 6.41. The van der Waals surface area contributed by atoms with Crippen LogP contribution in [0.5, 0.6) is 0 Å². The Balaban J connectivity index is 1.74. The molecule has 1 N–H and O–H groups in total. The molecule has 0 aliphatic carbocycles. The maximum Gasteiger partial charge on any atom is 0.306 e. The number of hydrogen-bond acceptors (Lipinski definition) is 3. The van der Waals surface area contributed by atoms with Crippen LogP contribution < -0.4 is 0 Å². The molecule has 2 aromatic rings. The van der Waals surface area contributed by atoms with Gasteiger partial charge in [0.2, 0.25) is 0 Å². The number of carboxylic acids is 1. The molecule has 3 rings (SSSR count). The molecule has 1 atom stereocenters. The lowest BCUT2D eigenvalue weighted by Crippen LogP contribution is -2.50. The average molecular weight is 284 g/mol. The van der Waals surface area contributed by atoms with Gasteiger partial charge < -0.3 is 5.11 Å². The van der Waals surface area contributed by atoms with Crippen LogP contribution in [-0.2, 0) is 11.3 Å². The van der Waals surface area contributed by atoms with E-state index in [0.29, 0.717) is 0 Å². The highest BCUT2D eigenvalue weighted by molar-refractivity contribution is 5.82. The molecule has 110 valence electrons. The molecular formula is C17H20N2O2. The van der Waals surface area contributed by atoms with Gasteiger partial charge in [-0.05, 0) is 30.5 Å². The minimum Gasteiger partial charge on any atom is -0.481 e. The van der Waals surface area contributed by atoms with Crippen molar-refractivity contribution in [3.63, 3.8) is 0 Å². The summed E-state index contributed by atoms with van der Waals surface area (Å²) in [4.78, 5) is 17.9. The molecule has 0 saturated carbocycles. The van der Waals surface area contributed by atoms with Gasteiger partial charge in [0.05, 0.1) is 11.4 Å². The highest BCUT2D eigenvalue weighted by Crippen LogP contribution is 2.27. The average Bonchev–Trinajstić information content (AvgIpc) is 2.41. The summed E-state index contributed by atoms with van der Waals surface area (Å²) in [7, 11) is 0. The number of para-hydroxylation sites is 1. The number of aromatic nitrogens is 1. The normalized spacial score (nSPS) is 17.6. The number of carboxylic acid groups (broad SMARTS) is 1. The van der Waals surface area contributed by atoms with E-state index in [9.17, 15) is 4.79 Å². The summed E-state index contributed by atoms with van der Waals surface area (Å²) in [5.41, 5.74) is 3.34. The molecule has 1 aliphatic heterocycles. The Kier molecular flexibility index (Phi) is 3.64. The number of hydrogen-bond donors (Lipinski definition) is 1. The molecule has 1 unspecified atom stereocenters. The van der Waals surface area contributed by atoms with Gasteiger partial charge in [0.15, 0.2) is 0 Å². The quantitative estimate of drug-likeness (QED) is 0.938. The topological polar surface area (TPSA) is 53.4 Å². The summed E-state index contributed by atoms with van der Waals surface area (Å²) in [6.07, 6.45) is 0. The second kappa shape index (κ2) is 5.45. The van der Waals surface area contributed by atoms with Crippen LogP contribution in [0.1, 0.15) is 18.2 Å². The molecule has 0 radical (unpaired) electrons. The number of carbonyl (C=O) groups is 1. The number of nitrogens with zero attached hydrogens (tertiary/aromatic N) is 2. The van der Waals surface area contributed by atoms with Gasteiger partial charge in [-0.25, -0.2) is 0 Å². The molecule has 1 aliphatic rings. The molecule has 1 aromatic heterocycles. The smallest absolute Gasteiger partial charge is 0.306 e. The Bertz CT molecular complexity index is 678. The summed E-state index contributed by atoms with van der Waals surface area (Å²) in [5, 5.41) is 10.2. The Morgan fingerprint density at radius 1 is 1.43 bits per heavy atom. The monoisotopic (exact) mass is 284 g/mol. The first-order chi connectivity index (χ1) is 10.0. The number of fused-ring (bicyclic) bond motifs is 1. The third-order valence-electron chi connectivity index (χ3n) is 4.41. The molecule has 0 bridgehead atoms. The van der Waals surface area contributed by atoms with E-state index in [1.54, 1.807) is 6.92 Å². The fourth-order valence-electron chi connectivity index (χ4n) is 3.02. The van der Waals surface area contributed by atoms with Crippen LogP contribution in [0, 0.1) is 18.8 Å². The molecule has 1 saturated heterocycles. The van der Waals surface area contributed by atoms with Gasteiger partial charge in [0.1, 0.15) is 0 Å². The van der Waals surface area contributed by atoms with Crippen LogP contribution >= 0.6 is 0 Å². The molecule has 2 heterocycles. The number of likely N-dealkylation sites (tertiary alicyclic amines) is 1. The van der Waals surface area contributed by atoms with Crippen LogP contribution in [-0.4, -0.2) is 34.0 Å². The van der Waals surface area contributed by atoms with Gasteiger partial charge in [-0.3, -0.25) is 14.7 Å². The molecule has 4 heteroatoms. The van der Waals surface area contributed by atoms with Gasteiger partial charge in [-0.15, -0.1) is 0 Å². The summed E-state index contributed by atoms with van der Waals surface area (Å²) < 4.78 is 0. The van der Waals surface area contributed by atoms with Crippen molar-refractivity contribution in [2.24, 2.45) is 11.8 Å². The number of pyridine rings is 1. The van der Waals surface area contributed by atoms with Gasteiger partial charge in [0.25, 0.3) is 0 Å². The summed E-state index contributed by atoms with van der Waals surface area (Å²) in [6, 6.07) is 10.3. The summed E-state index contributed by atoms with van der Waals surface area (Å²) >= 11 is 0. The maximum absolute atomic E-state index is 11.0. The van der Waals surface area contributed by atoms with Crippen molar-refractivity contribution >= 4 is 16.9 Å². The number of aliphatic carboxylic acids is 1. The fourth-order valence-corrected chi connectivity index (χ4v) is 3.02. The Labute approximate surface area is 124 Å². The van der Waals surface area contributed by atoms with Crippen molar-refractivity contribution in [1.29, 1.82) is 0 Å². The second-order valence-corrected chi connectivity index (χ2v) is 6.02. The van der Waals surface area contributed by atoms with Crippen molar-refractivity contribution in [1.82, 2.24) is 9.88 Å². The minimum atomic E-state index is -0.690. The minimum absolute atomic E-state index is 0.253. The SMILES string of the molecule is Cc1cc(CN2CC(C(C)C(=O)O)C2)c2ccccc2n1. The molecule has 4 nitrogen and oxygen atoms in total. The van der Waals surface area contributed by atoms with Crippen molar-refractivity contribution in [3.8, 4) is 0 Å². The van der Waals surface area contributed by atoms with E-state index in [0.717, 1.165) is 30.8 Å². The Morgan fingerprint density at radius 2 is 2.14 bits per heavy atom. The largest absolute Gasteiger partial charge is 0.481 e. The number of rotatable bonds is 4. The van der Waals surface area contributed by atoms with E-state index >= 15 is 0 Å². The zero-order valence-corrected chi connectivity index (χ0v) is 12.4. The highest BCUT2D eigenvalue weighted by atomic mass is 16.4. The lowest BCUT2D eigenvalue weighted by molar-refractivity contribution is -0.145.